The summed E-state index contributed by atoms with van der Waals surface area (Å²) < 4.78 is 71.7. The van der Waals surface area contributed by atoms with Gasteiger partial charge in [0, 0.05) is 9.79 Å². The lowest BCUT2D eigenvalue weighted by atomic mass is 10.4. The largest absolute Gasteiger partial charge is 0.446 e. The van der Waals surface area contributed by atoms with E-state index < -0.39 is 34.5 Å². The minimum Gasteiger partial charge on any atom is -0.160 e. The molecule has 16 heavy (non-hydrogen) atoms. The van der Waals surface area contributed by atoms with Gasteiger partial charge < -0.3 is 0 Å². The third kappa shape index (κ3) is 5.55. The number of rotatable bonds is 2. The van der Waals surface area contributed by atoms with Crippen molar-refractivity contribution in [2.45, 2.75) is 20.8 Å². The number of hydrogen-bond donors (Lipinski definition) is 0. The molecule has 0 aromatic heterocycles. The highest BCUT2D eigenvalue weighted by Crippen LogP contribution is 2.41. The average molecular weight is 278 g/mol. The van der Waals surface area contributed by atoms with Crippen LogP contribution >= 0.6 is 23.5 Å². The van der Waals surface area contributed by atoms with Gasteiger partial charge in [0.05, 0.1) is 0 Å². The van der Waals surface area contributed by atoms with Crippen molar-refractivity contribution >= 4 is 23.5 Å². The molecule has 0 fully saturated rings. The van der Waals surface area contributed by atoms with E-state index in [0.717, 1.165) is 24.3 Å². The number of hydrogen-bond acceptors (Lipinski definition) is 2. The molecule has 1 aromatic carbocycles. The van der Waals surface area contributed by atoms with Crippen molar-refractivity contribution < 1.29 is 26.3 Å². The first-order valence-electron chi connectivity index (χ1n) is 3.77. The summed E-state index contributed by atoms with van der Waals surface area (Å²) in [7, 11) is 0. The van der Waals surface area contributed by atoms with Crippen molar-refractivity contribution in [2.24, 2.45) is 0 Å². The minimum atomic E-state index is -4.50. The van der Waals surface area contributed by atoms with Gasteiger partial charge >= 0.3 is 11.0 Å². The monoisotopic (exact) mass is 278 g/mol. The molecule has 0 aliphatic carbocycles. The van der Waals surface area contributed by atoms with E-state index in [1.165, 1.54) is 0 Å². The first-order valence-corrected chi connectivity index (χ1v) is 5.40. The van der Waals surface area contributed by atoms with E-state index in [0.29, 0.717) is 0 Å². The second-order valence-electron chi connectivity index (χ2n) is 2.57. The van der Waals surface area contributed by atoms with E-state index >= 15 is 0 Å². The maximum absolute atomic E-state index is 11.9. The summed E-state index contributed by atoms with van der Waals surface area (Å²) >= 11 is -0.880. The topological polar surface area (TPSA) is 0 Å². The van der Waals surface area contributed by atoms with Crippen LogP contribution in [0.1, 0.15) is 0 Å². The first-order chi connectivity index (χ1) is 7.16. The summed E-state index contributed by atoms with van der Waals surface area (Å²) in [6.07, 6.45) is 0. The quantitative estimate of drug-likeness (QED) is 0.557. The van der Waals surface area contributed by atoms with E-state index in [2.05, 4.69) is 0 Å². The molecule has 0 saturated heterocycles. The lowest BCUT2D eigenvalue weighted by molar-refractivity contribution is -0.0334. The van der Waals surface area contributed by atoms with Gasteiger partial charge in [-0.1, -0.05) is 6.07 Å². The third-order valence-electron chi connectivity index (χ3n) is 1.27. The Morgan fingerprint density at radius 3 is 1.44 bits per heavy atom. The van der Waals surface area contributed by atoms with Crippen LogP contribution in [0.25, 0.3) is 0 Å². The Balaban J connectivity index is 2.79. The van der Waals surface area contributed by atoms with Crippen molar-refractivity contribution in [3.63, 3.8) is 0 Å². The highest BCUT2D eigenvalue weighted by molar-refractivity contribution is 8.01. The molecule has 1 rings (SSSR count). The molecule has 0 bridgehead atoms. The molecule has 1 aromatic rings. The van der Waals surface area contributed by atoms with Gasteiger partial charge in [0.2, 0.25) is 0 Å². The molecule has 0 aliphatic heterocycles. The molecule has 0 heterocycles. The van der Waals surface area contributed by atoms with Crippen LogP contribution in [0.5, 0.6) is 0 Å². The molecular formula is C8H4F6S2. The molecular weight excluding hydrogens is 274 g/mol. The smallest absolute Gasteiger partial charge is 0.160 e. The zero-order chi connectivity index (χ0) is 12.4. The van der Waals surface area contributed by atoms with E-state index in [1.54, 1.807) is 0 Å². The van der Waals surface area contributed by atoms with Crippen molar-refractivity contribution in [1.29, 1.82) is 0 Å². The molecule has 0 spiro atoms. The Morgan fingerprint density at radius 1 is 0.750 bits per heavy atom. The Morgan fingerprint density at radius 2 is 1.12 bits per heavy atom. The molecule has 0 unspecified atom stereocenters. The minimum absolute atomic E-state index is 0.262. The van der Waals surface area contributed by atoms with Crippen LogP contribution in [0.4, 0.5) is 26.3 Å². The molecule has 0 saturated carbocycles. The van der Waals surface area contributed by atoms with E-state index in [9.17, 15) is 26.3 Å². The van der Waals surface area contributed by atoms with Crippen LogP contribution in [-0.4, -0.2) is 11.0 Å². The van der Waals surface area contributed by atoms with Crippen molar-refractivity contribution in [2.75, 3.05) is 0 Å². The van der Waals surface area contributed by atoms with Crippen LogP contribution in [0.15, 0.2) is 34.1 Å². The zero-order valence-electron chi connectivity index (χ0n) is 7.39. The molecule has 0 nitrogen and oxygen atoms in total. The van der Waals surface area contributed by atoms with Crippen molar-refractivity contribution in [3.8, 4) is 0 Å². The summed E-state index contributed by atoms with van der Waals surface area (Å²) in [5.41, 5.74) is -9.00. The Bertz CT molecular complexity index is 325. The molecule has 90 valence electrons. The number of halogens is 6. The van der Waals surface area contributed by atoms with Gasteiger partial charge in [0.15, 0.2) is 0 Å². The van der Waals surface area contributed by atoms with Crippen LogP contribution < -0.4 is 0 Å². The van der Waals surface area contributed by atoms with Crippen LogP contribution in [0.3, 0.4) is 0 Å². The number of thioether (sulfide) groups is 2. The molecule has 0 radical (unpaired) electrons. The SMILES string of the molecule is FC(F)(F)Sc1cccc(SC(F)(F)F)c1. The van der Waals surface area contributed by atoms with Crippen LogP contribution in [0, 0.1) is 0 Å². The molecule has 0 N–H and O–H groups in total. The summed E-state index contributed by atoms with van der Waals surface area (Å²) in [6, 6.07) is 4.23. The van der Waals surface area contributed by atoms with E-state index in [1.807, 2.05) is 0 Å². The summed E-state index contributed by atoms with van der Waals surface area (Å²) in [4.78, 5) is -0.525. The highest BCUT2D eigenvalue weighted by Gasteiger charge is 2.31. The predicted molar refractivity (Wildman–Crippen MR) is 50.3 cm³/mol. The maximum Gasteiger partial charge on any atom is 0.446 e. The summed E-state index contributed by atoms with van der Waals surface area (Å²) in [5.74, 6) is 0. The van der Waals surface area contributed by atoms with Crippen molar-refractivity contribution in [1.82, 2.24) is 0 Å². The highest BCUT2D eigenvalue weighted by atomic mass is 32.2. The fraction of sp³-hybridized carbons (Fsp3) is 0.250. The van der Waals surface area contributed by atoms with E-state index in [-0.39, 0.29) is 9.79 Å². The zero-order valence-corrected chi connectivity index (χ0v) is 9.03. The lowest BCUT2D eigenvalue weighted by Crippen LogP contribution is -2.00. The van der Waals surface area contributed by atoms with Gasteiger partial charge in [-0.25, -0.2) is 0 Å². The second-order valence-corrected chi connectivity index (χ2v) is 4.85. The lowest BCUT2D eigenvalue weighted by Gasteiger charge is -2.08. The summed E-state index contributed by atoms with van der Waals surface area (Å²) in [6.45, 7) is 0. The number of alkyl halides is 6. The molecule has 0 atom stereocenters. The summed E-state index contributed by atoms with van der Waals surface area (Å²) in [5, 5.41) is 0. The van der Waals surface area contributed by atoms with Gasteiger partial charge in [0.25, 0.3) is 0 Å². The number of benzene rings is 1. The van der Waals surface area contributed by atoms with E-state index in [4.69, 9.17) is 0 Å². The van der Waals surface area contributed by atoms with Gasteiger partial charge in [-0.05, 0) is 41.7 Å². The van der Waals surface area contributed by atoms with Gasteiger partial charge in [-0.15, -0.1) is 0 Å². The second kappa shape index (κ2) is 4.79. The fourth-order valence-electron chi connectivity index (χ4n) is 0.868. The molecule has 0 aliphatic rings. The fourth-order valence-corrected chi connectivity index (χ4v) is 2.14. The van der Waals surface area contributed by atoms with Gasteiger partial charge in [-0.2, -0.15) is 26.3 Å². The molecule has 0 amide bonds. The third-order valence-corrected chi connectivity index (χ3v) is 2.71. The van der Waals surface area contributed by atoms with Crippen LogP contribution in [-0.2, 0) is 0 Å². The maximum atomic E-state index is 11.9. The van der Waals surface area contributed by atoms with Crippen molar-refractivity contribution in [3.05, 3.63) is 24.3 Å². The molecule has 8 heteroatoms. The predicted octanol–water partition coefficient (Wildman–Crippen LogP) is 4.91. The van der Waals surface area contributed by atoms with Crippen LogP contribution in [0.2, 0.25) is 0 Å². The standard InChI is InChI=1S/C8H4F6S2/c9-7(10,11)15-5-2-1-3-6(4-5)16-8(12,13)14/h1-4H. The van der Waals surface area contributed by atoms with Gasteiger partial charge in [0.1, 0.15) is 0 Å². The average Bonchev–Trinajstić information content (AvgIpc) is 1.96. The van der Waals surface area contributed by atoms with Gasteiger partial charge in [-0.3, -0.25) is 0 Å². The Labute approximate surface area is 95.4 Å². The Kier molecular flexibility index (Phi) is 4.06. The first kappa shape index (κ1) is 13.6. The normalized spacial score (nSPS) is 12.9. The Hall–Kier alpha value is -0.500.